The second kappa shape index (κ2) is 4.60. The van der Waals surface area contributed by atoms with Crippen molar-refractivity contribution in [1.82, 2.24) is 4.90 Å². The van der Waals surface area contributed by atoms with Gasteiger partial charge < -0.3 is 10.0 Å². The van der Waals surface area contributed by atoms with E-state index in [0.29, 0.717) is 11.8 Å². The Balaban J connectivity index is 1.94. The van der Waals surface area contributed by atoms with Gasteiger partial charge in [0.25, 0.3) is 0 Å². The van der Waals surface area contributed by atoms with Gasteiger partial charge in [0.1, 0.15) is 5.75 Å². The number of nitrogens with zero attached hydrogens (tertiary/aromatic N) is 1. The zero-order valence-corrected chi connectivity index (χ0v) is 12.4. The molecule has 0 saturated carbocycles. The Morgan fingerprint density at radius 2 is 1.95 bits per heavy atom. The largest absolute Gasteiger partial charge is 0.508 e. The summed E-state index contributed by atoms with van der Waals surface area (Å²) in [4.78, 5) is 2.50. The average molecular weight is 279 g/mol. The summed E-state index contributed by atoms with van der Waals surface area (Å²) in [5, 5.41) is 9.99. The first kappa shape index (κ1) is 12.9. The number of hydrogen-bond donors (Lipinski definition) is 1. The Hall–Kier alpha value is -1.80. The molecule has 1 N–H and O–H groups in total. The summed E-state index contributed by atoms with van der Waals surface area (Å²) >= 11 is 0. The van der Waals surface area contributed by atoms with Gasteiger partial charge in [-0.1, -0.05) is 36.4 Å². The van der Waals surface area contributed by atoms with E-state index in [4.69, 9.17) is 0 Å². The van der Waals surface area contributed by atoms with Gasteiger partial charge in [-0.05, 0) is 61.7 Å². The minimum atomic E-state index is 0.0742. The Labute approximate surface area is 126 Å². The van der Waals surface area contributed by atoms with Crippen molar-refractivity contribution < 1.29 is 5.11 Å². The molecule has 1 aliphatic carbocycles. The van der Waals surface area contributed by atoms with Crippen LogP contribution in [0.2, 0.25) is 0 Å². The minimum absolute atomic E-state index is 0.0742. The summed E-state index contributed by atoms with van der Waals surface area (Å²) in [6.07, 6.45) is 3.38. The van der Waals surface area contributed by atoms with Gasteiger partial charge in [0.05, 0.1) is 0 Å². The maximum absolute atomic E-state index is 9.99. The summed E-state index contributed by atoms with van der Waals surface area (Å²) in [7, 11) is 2.24. The number of likely N-dealkylation sites (tertiary alicyclic amines) is 1. The molecule has 2 bridgehead atoms. The molecule has 1 saturated heterocycles. The molecule has 2 aromatic carbocycles. The fraction of sp³-hybridized carbons (Fsp3) is 0.368. The number of fused-ring (bicyclic) bond motifs is 4. The van der Waals surface area contributed by atoms with Gasteiger partial charge in [0.15, 0.2) is 0 Å². The van der Waals surface area contributed by atoms with Gasteiger partial charge in [-0.2, -0.15) is 0 Å². The molecule has 2 heteroatoms. The lowest BCUT2D eigenvalue weighted by molar-refractivity contribution is 0.123. The fourth-order valence-electron chi connectivity index (χ4n) is 4.30. The van der Waals surface area contributed by atoms with Crippen molar-refractivity contribution in [2.24, 2.45) is 0 Å². The van der Waals surface area contributed by atoms with Gasteiger partial charge in [-0.15, -0.1) is 0 Å². The first-order chi connectivity index (χ1) is 10.2. The second-order valence-electron chi connectivity index (χ2n) is 6.58. The highest BCUT2D eigenvalue weighted by Crippen LogP contribution is 2.49. The molecular weight excluding hydrogens is 258 g/mol. The second-order valence-corrected chi connectivity index (χ2v) is 6.58. The van der Waals surface area contributed by atoms with Crippen LogP contribution in [0.3, 0.4) is 0 Å². The Kier molecular flexibility index (Phi) is 2.83. The van der Waals surface area contributed by atoms with E-state index in [2.05, 4.69) is 48.3 Å². The molecule has 21 heavy (non-hydrogen) atoms. The Morgan fingerprint density at radius 3 is 2.76 bits per heavy atom. The van der Waals surface area contributed by atoms with Gasteiger partial charge in [0, 0.05) is 11.5 Å². The standard InChI is InChI=1S/C19H21NO/c1-20-10-9-19(15-5-3-2-4-6-15)13-16(20)11-14-7-8-17(21)12-18(14)19/h2-8,12,16,21H,9-11,13H2,1H3/t16-,19+/m1/s1. The van der Waals surface area contributed by atoms with E-state index in [1.54, 1.807) is 0 Å². The van der Waals surface area contributed by atoms with E-state index in [9.17, 15) is 5.11 Å². The summed E-state index contributed by atoms with van der Waals surface area (Å²) in [5.74, 6) is 0.390. The summed E-state index contributed by atoms with van der Waals surface area (Å²) in [6, 6.07) is 17.4. The molecule has 0 radical (unpaired) electrons. The number of rotatable bonds is 1. The molecule has 1 aliphatic heterocycles. The molecule has 2 aliphatic rings. The van der Waals surface area contributed by atoms with Crippen molar-refractivity contribution in [2.75, 3.05) is 13.6 Å². The van der Waals surface area contributed by atoms with E-state index < -0.39 is 0 Å². The number of piperidine rings is 1. The lowest BCUT2D eigenvalue weighted by atomic mass is 9.60. The zero-order chi connectivity index (χ0) is 14.4. The van der Waals surface area contributed by atoms with Crippen molar-refractivity contribution in [1.29, 1.82) is 0 Å². The van der Waals surface area contributed by atoms with Crippen LogP contribution in [0, 0.1) is 0 Å². The predicted octanol–water partition coefficient (Wildman–Crippen LogP) is 3.33. The SMILES string of the molecule is CN1CC[C@@]2(c3ccccc3)C[C@H]1Cc1ccc(O)cc12. The number of likely N-dealkylation sites (N-methyl/N-ethyl adjacent to an activating group) is 1. The highest BCUT2D eigenvalue weighted by molar-refractivity contribution is 5.50. The monoisotopic (exact) mass is 279 g/mol. The molecule has 0 unspecified atom stereocenters. The van der Waals surface area contributed by atoms with Crippen LogP contribution in [0.25, 0.3) is 0 Å². The number of aromatic hydroxyl groups is 1. The molecule has 2 nitrogen and oxygen atoms in total. The highest BCUT2D eigenvalue weighted by Gasteiger charge is 2.45. The van der Waals surface area contributed by atoms with Crippen molar-refractivity contribution >= 4 is 0 Å². The van der Waals surface area contributed by atoms with E-state index in [-0.39, 0.29) is 5.41 Å². The maximum Gasteiger partial charge on any atom is 0.115 e. The number of benzene rings is 2. The number of hydrogen-bond acceptors (Lipinski definition) is 2. The van der Waals surface area contributed by atoms with Crippen LogP contribution in [0.15, 0.2) is 48.5 Å². The van der Waals surface area contributed by atoms with Crippen LogP contribution in [0.5, 0.6) is 5.75 Å². The topological polar surface area (TPSA) is 23.5 Å². The molecule has 108 valence electrons. The van der Waals surface area contributed by atoms with Crippen LogP contribution in [-0.4, -0.2) is 29.6 Å². The van der Waals surface area contributed by atoms with Crippen molar-refractivity contribution in [3.63, 3.8) is 0 Å². The van der Waals surface area contributed by atoms with E-state index in [0.717, 1.165) is 25.8 Å². The molecule has 0 aromatic heterocycles. The van der Waals surface area contributed by atoms with Crippen LogP contribution in [0.4, 0.5) is 0 Å². The van der Waals surface area contributed by atoms with Crippen LogP contribution < -0.4 is 0 Å². The van der Waals surface area contributed by atoms with Crippen molar-refractivity contribution in [3.05, 3.63) is 65.2 Å². The minimum Gasteiger partial charge on any atom is -0.508 e. The van der Waals surface area contributed by atoms with Crippen molar-refractivity contribution in [2.45, 2.75) is 30.7 Å². The van der Waals surface area contributed by atoms with Gasteiger partial charge >= 0.3 is 0 Å². The fourth-order valence-corrected chi connectivity index (χ4v) is 4.30. The maximum atomic E-state index is 9.99. The molecule has 2 atom stereocenters. The molecule has 1 heterocycles. The summed E-state index contributed by atoms with van der Waals surface area (Å²) in [5.41, 5.74) is 4.22. The summed E-state index contributed by atoms with van der Waals surface area (Å²) in [6.45, 7) is 1.12. The highest BCUT2D eigenvalue weighted by atomic mass is 16.3. The number of phenolic OH excluding ortho intramolecular Hbond substituents is 1. The normalized spacial score (nSPS) is 28.1. The van der Waals surface area contributed by atoms with Crippen LogP contribution in [0.1, 0.15) is 29.5 Å². The molecule has 4 rings (SSSR count). The molecule has 2 aromatic rings. The molecule has 1 fully saturated rings. The lowest BCUT2D eigenvalue weighted by Gasteiger charge is -2.50. The number of phenols is 1. The average Bonchev–Trinajstić information content (AvgIpc) is 2.52. The summed E-state index contributed by atoms with van der Waals surface area (Å²) < 4.78 is 0. The smallest absolute Gasteiger partial charge is 0.115 e. The lowest BCUT2D eigenvalue weighted by Crippen LogP contribution is -2.52. The zero-order valence-electron chi connectivity index (χ0n) is 12.4. The third kappa shape index (κ3) is 1.90. The third-order valence-corrected chi connectivity index (χ3v) is 5.49. The Morgan fingerprint density at radius 1 is 1.14 bits per heavy atom. The quantitative estimate of drug-likeness (QED) is 0.865. The van der Waals surface area contributed by atoms with E-state index in [1.807, 2.05) is 12.1 Å². The van der Waals surface area contributed by atoms with E-state index >= 15 is 0 Å². The van der Waals surface area contributed by atoms with Gasteiger partial charge in [0.2, 0.25) is 0 Å². The third-order valence-electron chi connectivity index (χ3n) is 5.49. The molecular formula is C19H21NO. The molecule has 0 spiro atoms. The van der Waals surface area contributed by atoms with E-state index in [1.165, 1.54) is 16.7 Å². The van der Waals surface area contributed by atoms with Crippen LogP contribution >= 0.6 is 0 Å². The molecule has 0 amide bonds. The Bertz CT molecular complexity index is 667. The first-order valence-electron chi connectivity index (χ1n) is 7.77. The first-order valence-corrected chi connectivity index (χ1v) is 7.77. The van der Waals surface area contributed by atoms with Gasteiger partial charge in [-0.3, -0.25) is 0 Å². The van der Waals surface area contributed by atoms with Gasteiger partial charge in [-0.25, -0.2) is 0 Å². The predicted molar refractivity (Wildman–Crippen MR) is 84.7 cm³/mol. The van der Waals surface area contributed by atoms with Crippen molar-refractivity contribution in [3.8, 4) is 5.75 Å². The van der Waals surface area contributed by atoms with Crippen LogP contribution in [-0.2, 0) is 11.8 Å².